The van der Waals surface area contributed by atoms with E-state index in [0.717, 1.165) is 21.3 Å². The Balaban J connectivity index is 1.54. The van der Waals surface area contributed by atoms with Crippen molar-refractivity contribution < 1.29 is 13.2 Å². The van der Waals surface area contributed by atoms with Crippen molar-refractivity contribution in [2.24, 2.45) is 0 Å². The molecule has 0 aliphatic carbocycles. The van der Waals surface area contributed by atoms with Crippen molar-refractivity contribution in [3.63, 3.8) is 0 Å². The van der Waals surface area contributed by atoms with Gasteiger partial charge >= 0.3 is 0 Å². The Labute approximate surface area is 189 Å². The summed E-state index contributed by atoms with van der Waals surface area (Å²) in [5.74, 6) is -0.374. The summed E-state index contributed by atoms with van der Waals surface area (Å²) >= 11 is 7.23. The molecule has 0 radical (unpaired) electrons. The van der Waals surface area contributed by atoms with Crippen LogP contribution in [0.2, 0.25) is 5.02 Å². The molecule has 0 atom stereocenters. The number of aryl methyl sites for hydroxylation is 2. The molecule has 3 aromatic carbocycles. The molecule has 0 aliphatic heterocycles. The fourth-order valence-corrected chi connectivity index (χ4v) is 5.24. The van der Waals surface area contributed by atoms with E-state index in [0.29, 0.717) is 15.7 Å². The molecule has 0 aliphatic rings. The number of carbonyl (C=O) groups excluding carboxylic acids is 1. The zero-order chi connectivity index (χ0) is 22.2. The molecule has 0 saturated heterocycles. The first-order chi connectivity index (χ1) is 14.7. The van der Waals surface area contributed by atoms with Crippen molar-refractivity contribution in [2.75, 3.05) is 10.0 Å². The molecular weight excluding hydrogens is 454 g/mol. The van der Waals surface area contributed by atoms with Gasteiger partial charge in [0.15, 0.2) is 5.13 Å². The normalized spacial score (nSPS) is 11.5. The van der Waals surface area contributed by atoms with Crippen molar-refractivity contribution in [1.29, 1.82) is 0 Å². The van der Waals surface area contributed by atoms with Crippen LogP contribution in [0.3, 0.4) is 0 Å². The van der Waals surface area contributed by atoms with Gasteiger partial charge in [0.2, 0.25) is 0 Å². The summed E-state index contributed by atoms with van der Waals surface area (Å²) in [7, 11) is -3.81. The molecule has 2 N–H and O–H groups in total. The van der Waals surface area contributed by atoms with Crippen molar-refractivity contribution in [1.82, 2.24) is 4.98 Å². The van der Waals surface area contributed by atoms with E-state index < -0.39 is 10.0 Å². The highest BCUT2D eigenvalue weighted by atomic mass is 35.5. The second kappa shape index (κ2) is 8.30. The van der Waals surface area contributed by atoms with Crippen LogP contribution in [0.5, 0.6) is 0 Å². The van der Waals surface area contributed by atoms with E-state index in [2.05, 4.69) is 21.1 Å². The number of fused-ring (bicyclic) bond motifs is 1. The second-order valence-corrected chi connectivity index (χ2v) is 10.2. The quantitative estimate of drug-likeness (QED) is 0.395. The molecule has 0 fully saturated rings. The summed E-state index contributed by atoms with van der Waals surface area (Å²) in [4.78, 5) is 17.3. The molecule has 9 heteroatoms. The number of nitrogens with zero attached hydrogens (tertiary/aromatic N) is 1. The van der Waals surface area contributed by atoms with E-state index in [9.17, 15) is 13.2 Å². The molecule has 31 heavy (non-hydrogen) atoms. The zero-order valence-corrected chi connectivity index (χ0v) is 19.0. The smallest absolute Gasteiger partial charge is 0.261 e. The molecule has 158 valence electrons. The van der Waals surface area contributed by atoms with Crippen LogP contribution in [-0.2, 0) is 10.0 Å². The maximum atomic E-state index is 12.7. The first-order valence-electron chi connectivity index (χ1n) is 9.29. The second-order valence-electron chi connectivity index (χ2n) is 7.04. The van der Waals surface area contributed by atoms with Crippen molar-refractivity contribution in [2.45, 2.75) is 18.7 Å². The van der Waals surface area contributed by atoms with Gasteiger partial charge < -0.3 is 0 Å². The monoisotopic (exact) mass is 471 g/mol. The van der Waals surface area contributed by atoms with Crippen molar-refractivity contribution >= 4 is 59.9 Å². The van der Waals surface area contributed by atoms with E-state index in [1.54, 1.807) is 18.2 Å². The molecule has 1 heterocycles. The number of anilines is 2. The van der Waals surface area contributed by atoms with Gasteiger partial charge in [-0.1, -0.05) is 35.1 Å². The number of carbonyl (C=O) groups is 1. The molecule has 1 amide bonds. The fourth-order valence-electron chi connectivity index (χ4n) is 3.15. The third-order valence-electron chi connectivity index (χ3n) is 4.54. The summed E-state index contributed by atoms with van der Waals surface area (Å²) in [6.45, 7) is 4.01. The maximum Gasteiger partial charge on any atom is 0.261 e. The molecule has 1 aromatic heterocycles. The lowest BCUT2D eigenvalue weighted by molar-refractivity contribution is 0.102. The molecule has 0 saturated carbocycles. The highest BCUT2D eigenvalue weighted by molar-refractivity contribution is 7.92. The first kappa shape index (κ1) is 21.3. The molecule has 0 unspecified atom stereocenters. The minimum Gasteiger partial charge on any atom is -0.298 e. The Morgan fingerprint density at radius 2 is 1.77 bits per heavy atom. The number of aromatic nitrogens is 1. The minimum absolute atomic E-state index is 0.0758. The van der Waals surface area contributed by atoms with Crippen LogP contribution >= 0.6 is 22.9 Å². The highest BCUT2D eigenvalue weighted by Gasteiger charge is 2.16. The van der Waals surface area contributed by atoms with Crippen LogP contribution in [0.25, 0.3) is 10.2 Å². The topological polar surface area (TPSA) is 88.2 Å². The number of amides is 1. The van der Waals surface area contributed by atoms with Gasteiger partial charge in [-0.3, -0.25) is 14.8 Å². The summed E-state index contributed by atoms with van der Waals surface area (Å²) < 4.78 is 28.7. The largest absolute Gasteiger partial charge is 0.298 e. The number of hydrogen-bond acceptors (Lipinski definition) is 5. The SMILES string of the molecule is Cc1cc(C)c2sc(NC(=O)c3cccc(NS(=O)(=O)c4ccc(Cl)cc4)c3)nc2c1. The highest BCUT2D eigenvalue weighted by Crippen LogP contribution is 2.30. The van der Waals surface area contributed by atoms with Gasteiger partial charge in [0.1, 0.15) is 0 Å². The fraction of sp³-hybridized carbons (Fsp3) is 0.0909. The summed E-state index contributed by atoms with van der Waals surface area (Å²) in [6.07, 6.45) is 0. The van der Waals surface area contributed by atoms with E-state index in [4.69, 9.17) is 11.6 Å². The Kier molecular flexibility index (Phi) is 5.70. The maximum absolute atomic E-state index is 12.7. The third kappa shape index (κ3) is 4.71. The number of halogens is 1. The minimum atomic E-state index is -3.81. The van der Waals surface area contributed by atoms with Gasteiger partial charge in [-0.15, -0.1) is 0 Å². The number of benzene rings is 3. The number of rotatable bonds is 5. The van der Waals surface area contributed by atoms with Gasteiger partial charge in [0, 0.05) is 16.3 Å². The predicted octanol–water partition coefficient (Wildman–Crippen LogP) is 5.62. The van der Waals surface area contributed by atoms with Gasteiger partial charge in [0.05, 0.1) is 15.1 Å². The van der Waals surface area contributed by atoms with Crippen LogP contribution in [0, 0.1) is 13.8 Å². The lowest BCUT2D eigenvalue weighted by Gasteiger charge is -2.09. The molecule has 0 bridgehead atoms. The third-order valence-corrected chi connectivity index (χ3v) is 7.31. The number of thiazole rings is 1. The Hall–Kier alpha value is -2.94. The van der Waals surface area contributed by atoms with Crippen LogP contribution in [-0.4, -0.2) is 19.3 Å². The molecule has 6 nitrogen and oxygen atoms in total. The zero-order valence-electron chi connectivity index (χ0n) is 16.6. The average Bonchev–Trinajstić information content (AvgIpc) is 3.10. The van der Waals surface area contributed by atoms with E-state index in [1.807, 2.05) is 19.9 Å². The number of nitrogens with one attached hydrogen (secondary N) is 2. The molecule has 4 rings (SSSR count). The van der Waals surface area contributed by atoms with Crippen LogP contribution in [0.4, 0.5) is 10.8 Å². The standard InChI is InChI=1S/C22H18ClN3O3S2/c1-13-10-14(2)20-19(11-13)24-22(30-20)25-21(27)15-4-3-5-17(12-15)26-31(28,29)18-8-6-16(23)7-9-18/h3-12,26H,1-2H3,(H,24,25,27). The van der Waals surface area contributed by atoms with Crippen LogP contribution < -0.4 is 10.0 Å². The number of hydrogen-bond donors (Lipinski definition) is 2. The number of sulfonamides is 1. The Morgan fingerprint density at radius 1 is 1.03 bits per heavy atom. The van der Waals surface area contributed by atoms with E-state index in [-0.39, 0.29) is 16.5 Å². The summed E-state index contributed by atoms with van der Waals surface area (Å²) in [5.41, 5.74) is 3.63. The molecule has 4 aromatic rings. The van der Waals surface area contributed by atoms with Crippen molar-refractivity contribution in [3.8, 4) is 0 Å². The van der Waals surface area contributed by atoms with Crippen LogP contribution in [0.1, 0.15) is 21.5 Å². The van der Waals surface area contributed by atoms with Gasteiger partial charge in [-0.25, -0.2) is 13.4 Å². The Bertz CT molecular complexity index is 1400. The van der Waals surface area contributed by atoms with Gasteiger partial charge in [0.25, 0.3) is 15.9 Å². The van der Waals surface area contributed by atoms with Crippen molar-refractivity contribution in [3.05, 3.63) is 82.4 Å². The Morgan fingerprint density at radius 3 is 2.52 bits per heavy atom. The van der Waals surface area contributed by atoms with Crippen LogP contribution in [0.15, 0.2) is 65.6 Å². The predicted molar refractivity (Wildman–Crippen MR) is 126 cm³/mol. The molecular formula is C22H18ClN3O3S2. The summed E-state index contributed by atoms with van der Waals surface area (Å²) in [5, 5.41) is 3.73. The summed E-state index contributed by atoms with van der Waals surface area (Å²) in [6, 6.07) is 16.2. The average molecular weight is 472 g/mol. The van der Waals surface area contributed by atoms with E-state index in [1.165, 1.54) is 41.7 Å². The van der Waals surface area contributed by atoms with E-state index >= 15 is 0 Å². The lowest BCUT2D eigenvalue weighted by atomic mass is 10.1. The van der Waals surface area contributed by atoms with Gasteiger partial charge in [-0.2, -0.15) is 0 Å². The lowest BCUT2D eigenvalue weighted by Crippen LogP contribution is -2.15. The van der Waals surface area contributed by atoms with Gasteiger partial charge in [-0.05, 0) is 73.5 Å². The molecule has 0 spiro atoms. The first-order valence-corrected chi connectivity index (χ1v) is 12.0.